The SMILES string of the molecule is CCCN([SiH2]CC[SiH](CC[SiH](Cl)CC[SiH2]C)N(CCC)C(C)C)C(C)C. The molecule has 7 heteroatoms. The molecule has 0 radical (unpaired) electrons. The van der Waals surface area contributed by atoms with Crippen molar-refractivity contribution in [2.24, 2.45) is 0 Å². The second kappa shape index (κ2) is 17.0. The minimum Gasteiger partial charge on any atom is -0.327 e. The predicted molar refractivity (Wildman–Crippen MR) is 136 cm³/mol. The normalized spacial score (nSPS) is 15.7. The van der Waals surface area contributed by atoms with Gasteiger partial charge in [-0.05, 0) is 62.2 Å². The second-order valence-corrected chi connectivity index (χ2v) is 19.6. The highest BCUT2D eigenvalue weighted by atomic mass is 35.6. The van der Waals surface area contributed by atoms with E-state index in [1.165, 1.54) is 62.2 Å². The molecule has 26 heavy (non-hydrogen) atoms. The summed E-state index contributed by atoms with van der Waals surface area (Å²) in [4.78, 5) is 0. The molecule has 0 fully saturated rings. The topological polar surface area (TPSA) is 6.48 Å². The van der Waals surface area contributed by atoms with Gasteiger partial charge in [0.1, 0.15) is 17.1 Å². The van der Waals surface area contributed by atoms with Crippen molar-refractivity contribution in [3.05, 3.63) is 0 Å². The lowest BCUT2D eigenvalue weighted by atomic mass is 10.4. The van der Waals surface area contributed by atoms with Crippen LogP contribution in [0, 0.1) is 0 Å². The Hall–Kier alpha value is 1.08. The van der Waals surface area contributed by atoms with Crippen molar-refractivity contribution in [2.75, 3.05) is 13.1 Å². The molecule has 0 aromatic rings. The van der Waals surface area contributed by atoms with Crippen LogP contribution in [-0.2, 0) is 0 Å². The molecule has 0 aromatic heterocycles. The first kappa shape index (κ1) is 27.1. The zero-order valence-electron chi connectivity index (χ0n) is 19.1. The summed E-state index contributed by atoms with van der Waals surface area (Å²) in [6.07, 6.45) is 2.61. The van der Waals surface area contributed by atoms with Gasteiger partial charge in [-0.15, -0.1) is 0 Å². The van der Waals surface area contributed by atoms with Gasteiger partial charge in [-0.1, -0.05) is 60.2 Å². The fourth-order valence-electron chi connectivity index (χ4n) is 3.99. The first-order chi connectivity index (χ1) is 12.4. The van der Waals surface area contributed by atoms with E-state index in [2.05, 4.69) is 57.2 Å². The molecule has 0 aliphatic carbocycles. The summed E-state index contributed by atoms with van der Waals surface area (Å²) < 4.78 is 5.75. The first-order valence-corrected chi connectivity index (χ1v) is 21.1. The molecule has 0 bridgehead atoms. The molecule has 2 unspecified atom stereocenters. The number of rotatable bonds is 17. The van der Waals surface area contributed by atoms with E-state index in [-0.39, 0.29) is 19.2 Å². The molecule has 0 heterocycles. The van der Waals surface area contributed by atoms with Crippen LogP contribution in [-0.4, -0.2) is 70.6 Å². The molecule has 0 aliphatic heterocycles. The van der Waals surface area contributed by atoms with Gasteiger partial charge in [-0.3, -0.25) is 0 Å². The third-order valence-electron chi connectivity index (χ3n) is 5.52. The zero-order valence-corrected chi connectivity index (χ0v) is 25.0. The van der Waals surface area contributed by atoms with Gasteiger partial charge < -0.3 is 9.13 Å². The van der Waals surface area contributed by atoms with Crippen molar-refractivity contribution in [3.63, 3.8) is 0 Å². The van der Waals surface area contributed by atoms with Crippen molar-refractivity contribution < 1.29 is 0 Å². The lowest BCUT2D eigenvalue weighted by Crippen LogP contribution is -2.45. The van der Waals surface area contributed by atoms with Crippen molar-refractivity contribution in [1.82, 2.24) is 9.13 Å². The van der Waals surface area contributed by atoms with E-state index in [4.69, 9.17) is 11.1 Å². The molecular weight excluding hydrogens is 404 g/mol. The molecule has 158 valence electrons. The van der Waals surface area contributed by atoms with Gasteiger partial charge >= 0.3 is 0 Å². The van der Waals surface area contributed by atoms with Gasteiger partial charge in [0.2, 0.25) is 0 Å². The maximum absolute atomic E-state index is 6.80. The number of hydrogen-bond acceptors (Lipinski definition) is 2. The van der Waals surface area contributed by atoms with Crippen LogP contribution in [0.4, 0.5) is 0 Å². The van der Waals surface area contributed by atoms with E-state index in [9.17, 15) is 0 Å². The van der Waals surface area contributed by atoms with E-state index >= 15 is 0 Å². The van der Waals surface area contributed by atoms with Gasteiger partial charge in [0.25, 0.3) is 0 Å². The second-order valence-electron chi connectivity index (χ2n) is 8.57. The van der Waals surface area contributed by atoms with Gasteiger partial charge in [-0.2, -0.15) is 11.1 Å². The molecule has 0 N–H and O–H groups in total. The van der Waals surface area contributed by atoms with Crippen LogP contribution in [0.3, 0.4) is 0 Å². The Bertz CT molecular complexity index is 322. The Morgan fingerprint density at radius 1 is 0.846 bits per heavy atom. The molecular formula is C19H49ClN2Si4. The maximum Gasteiger partial charge on any atom is 0.140 e. The van der Waals surface area contributed by atoms with Crippen LogP contribution in [0.15, 0.2) is 0 Å². The number of nitrogens with zero attached hydrogens (tertiary/aromatic N) is 2. The van der Waals surface area contributed by atoms with E-state index in [1.54, 1.807) is 0 Å². The fraction of sp³-hybridized carbons (Fsp3) is 1.00. The average Bonchev–Trinajstić information content (AvgIpc) is 2.59. The molecule has 0 aliphatic rings. The van der Waals surface area contributed by atoms with Gasteiger partial charge in [0.15, 0.2) is 0 Å². The van der Waals surface area contributed by atoms with Crippen LogP contribution < -0.4 is 0 Å². The standard InChI is InChI=1S/C19H49ClN2Si4/c1-8-10-21(18(3)4)24-13-15-26(22(11-9-2)19(5)6)17-16-25(20)14-12-23-7/h18-19,25-26H,8-17,23-24H2,1-7H3. The van der Waals surface area contributed by atoms with Crippen molar-refractivity contribution >= 4 is 47.3 Å². The Kier molecular flexibility index (Phi) is 17.7. The summed E-state index contributed by atoms with van der Waals surface area (Å²) in [5.41, 5.74) is 0. The van der Waals surface area contributed by atoms with Crippen LogP contribution in [0.1, 0.15) is 54.4 Å². The summed E-state index contributed by atoms with van der Waals surface area (Å²) in [5, 5.41) is 0. The number of hydrogen-bond donors (Lipinski definition) is 0. The Morgan fingerprint density at radius 3 is 2.00 bits per heavy atom. The molecule has 0 saturated carbocycles. The van der Waals surface area contributed by atoms with Crippen molar-refractivity contribution in [3.8, 4) is 0 Å². The maximum atomic E-state index is 6.80. The summed E-state index contributed by atoms with van der Waals surface area (Å²) in [6, 6.07) is 10.3. The number of halogens is 1. The van der Waals surface area contributed by atoms with E-state index < -0.39 is 17.1 Å². The van der Waals surface area contributed by atoms with Crippen LogP contribution in [0.5, 0.6) is 0 Å². The first-order valence-electron chi connectivity index (χ1n) is 11.5. The van der Waals surface area contributed by atoms with E-state index in [0.29, 0.717) is 0 Å². The highest BCUT2D eigenvalue weighted by Gasteiger charge is 2.23. The molecule has 0 aromatic carbocycles. The summed E-state index contributed by atoms with van der Waals surface area (Å²) in [6.45, 7) is 19.3. The minimum absolute atomic E-state index is 0.0708. The molecule has 0 rings (SSSR count). The van der Waals surface area contributed by atoms with Crippen LogP contribution in [0.25, 0.3) is 0 Å². The third kappa shape index (κ3) is 12.5. The Morgan fingerprint density at radius 2 is 1.50 bits per heavy atom. The Balaban J connectivity index is 4.69. The smallest absolute Gasteiger partial charge is 0.140 e. The lowest BCUT2D eigenvalue weighted by molar-refractivity contribution is 0.357. The highest BCUT2D eigenvalue weighted by molar-refractivity contribution is 7.07. The van der Waals surface area contributed by atoms with E-state index in [0.717, 1.165) is 12.1 Å². The summed E-state index contributed by atoms with van der Waals surface area (Å²) in [7, 11) is -1.61. The molecule has 2 atom stereocenters. The van der Waals surface area contributed by atoms with Gasteiger partial charge in [0, 0.05) is 9.52 Å². The fourth-order valence-corrected chi connectivity index (χ4v) is 19.7. The largest absolute Gasteiger partial charge is 0.327 e. The third-order valence-corrected chi connectivity index (χ3v) is 18.5. The lowest BCUT2D eigenvalue weighted by Gasteiger charge is -2.35. The van der Waals surface area contributed by atoms with Crippen LogP contribution >= 0.6 is 11.1 Å². The van der Waals surface area contributed by atoms with Gasteiger partial charge in [-0.25, -0.2) is 0 Å². The molecule has 2 nitrogen and oxygen atoms in total. The Labute approximate surface area is 178 Å². The monoisotopic (exact) mass is 452 g/mol. The molecule has 0 spiro atoms. The van der Waals surface area contributed by atoms with E-state index in [1.807, 2.05) is 0 Å². The predicted octanol–water partition coefficient (Wildman–Crippen LogP) is 4.05. The summed E-state index contributed by atoms with van der Waals surface area (Å²) in [5.74, 6) is 0. The average molecular weight is 453 g/mol. The van der Waals surface area contributed by atoms with Crippen molar-refractivity contribution in [2.45, 2.75) is 109 Å². The minimum atomic E-state index is -0.934. The van der Waals surface area contributed by atoms with Crippen molar-refractivity contribution in [1.29, 1.82) is 0 Å². The molecule has 0 amide bonds. The van der Waals surface area contributed by atoms with Gasteiger partial charge in [0.05, 0.1) is 9.68 Å². The quantitative estimate of drug-likeness (QED) is 0.242. The molecule has 0 saturated heterocycles. The summed E-state index contributed by atoms with van der Waals surface area (Å²) >= 11 is 6.80. The zero-order chi connectivity index (χ0) is 19.9. The highest BCUT2D eigenvalue weighted by Crippen LogP contribution is 2.20. The van der Waals surface area contributed by atoms with Crippen LogP contribution in [0.2, 0.25) is 42.8 Å².